The molecule has 1 amide bonds. The summed E-state index contributed by atoms with van der Waals surface area (Å²) in [5.41, 5.74) is 0.896. The second-order valence-electron chi connectivity index (χ2n) is 3.03. The summed E-state index contributed by atoms with van der Waals surface area (Å²) >= 11 is 5.76. The minimum Gasteiger partial charge on any atom is -0.311 e. The SMILES string of the molecule is CCN(C(=O)[C@H](C)Cl)c1ccccc1. The zero-order valence-electron chi connectivity index (χ0n) is 8.40. The van der Waals surface area contributed by atoms with Crippen LogP contribution in [0.2, 0.25) is 0 Å². The van der Waals surface area contributed by atoms with Gasteiger partial charge in [0.05, 0.1) is 0 Å². The molecule has 0 bridgehead atoms. The highest BCUT2D eigenvalue weighted by atomic mass is 35.5. The topological polar surface area (TPSA) is 20.3 Å². The molecule has 0 aliphatic rings. The molecule has 2 nitrogen and oxygen atoms in total. The molecule has 1 atom stereocenters. The van der Waals surface area contributed by atoms with Gasteiger partial charge in [0.15, 0.2) is 0 Å². The number of carbonyl (C=O) groups is 1. The van der Waals surface area contributed by atoms with Gasteiger partial charge in [0, 0.05) is 12.2 Å². The van der Waals surface area contributed by atoms with Crippen LogP contribution in [0.25, 0.3) is 0 Å². The molecule has 0 N–H and O–H groups in total. The van der Waals surface area contributed by atoms with Crippen molar-refractivity contribution in [2.75, 3.05) is 11.4 Å². The average molecular weight is 212 g/mol. The van der Waals surface area contributed by atoms with E-state index in [-0.39, 0.29) is 5.91 Å². The van der Waals surface area contributed by atoms with Crippen LogP contribution < -0.4 is 4.90 Å². The Morgan fingerprint density at radius 3 is 2.43 bits per heavy atom. The molecule has 1 rings (SSSR count). The van der Waals surface area contributed by atoms with Crippen molar-refractivity contribution < 1.29 is 4.79 Å². The Morgan fingerprint density at radius 2 is 2.00 bits per heavy atom. The standard InChI is InChI=1S/C11H14ClNO/c1-3-13(11(14)9(2)12)10-7-5-4-6-8-10/h4-9H,3H2,1-2H3/t9-/m0/s1. The number of hydrogen-bond donors (Lipinski definition) is 0. The maximum Gasteiger partial charge on any atom is 0.244 e. The lowest BCUT2D eigenvalue weighted by Gasteiger charge is -2.21. The predicted octanol–water partition coefficient (Wildman–Crippen LogP) is 2.67. The van der Waals surface area contributed by atoms with Gasteiger partial charge in [-0.3, -0.25) is 4.79 Å². The number of alkyl halides is 1. The van der Waals surface area contributed by atoms with E-state index in [0.717, 1.165) is 5.69 Å². The molecular weight excluding hydrogens is 198 g/mol. The zero-order chi connectivity index (χ0) is 10.6. The van der Waals surface area contributed by atoms with Gasteiger partial charge in [-0.2, -0.15) is 0 Å². The molecule has 0 aromatic heterocycles. The van der Waals surface area contributed by atoms with E-state index < -0.39 is 5.38 Å². The first-order valence-electron chi connectivity index (χ1n) is 4.67. The lowest BCUT2D eigenvalue weighted by molar-refractivity contribution is -0.117. The summed E-state index contributed by atoms with van der Waals surface area (Å²) < 4.78 is 0. The number of rotatable bonds is 3. The minimum absolute atomic E-state index is 0.0552. The summed E-state index contributed by atoms with van der Waals surface area (Å²) in [7, 11) is 0. The van der Waals surface area contributed by atoms with Crippen LogP contribution in [0.15, 0.2) is 30.3 Å². The molecule has 0 radical (unpaired) electrons. The minimum atomic E-state index is -0.477. The Hall–Kier alpha value is -1.02. The van der Waals surface area contributed by atoms with Crippen LogP contribution in [0, 0.1) is 0 Å². The first-order chi connectivity index (χ1) is 6.66. The number of anilines is 1. The molecule has 0 heterocycles. The van der Waals surface area contributed by atoms with E-state index >= 15 is 0 Å². The third-order valence-electron chi connectivity index (χ3n) is 1.99. The number of para-hydroxylation sites is 1. The fraction of sp³-hybridized carbons (Fsp3) is 0.364. The Labute approximate surface area is 89.5 Å². The van der Waals surface area contributed by atoms with Crippen molar-refractivity contribution in [3.63, 3.8) is 0 Å². The fourth-order valence-electron chi connectivity index (χ4n) is 1.29. The van der Waals surface area contributed by atoms with Crippen LogP contribution in [-0.2, 0) is 4.79 Å². The van der Waals surface area contributed by atoms with E-state index in [0.29, 0.717) is 6.54 Å². The van der Waals surface area contributed by atoms with Crippen LogP contribution in [-0.4, -0.2) is 17.8 Å². The number of hydrogen-bond acceptors (Lipinski definition) is 1. The van der Waals surface area contributed by atoms with E-state index in [2.05, 4.69) is 0 Å². The monoisotopic (exact) mass is 211 g/mol. The molecule has 3 heteroatoms. The molecule has 0 spiro atoms. The van der Waals surface area contributed by atoms with Crippen molar-refractivity contribution in [3.05, 3.63) is 30.3 Å². The van der Waals surface area contributed by atoms with Gasteiger partial charge in [-0.15, -0.1) is 11.6 Å². The van der Waals surface area contributed by atoms with Gasteiger partial charge in [-0.25, -0.2) is 0 Å². The van der Waals surface area contributed by atoms with Gasteiger partial charge in [-0.05, 0) is 26.0 Å². The molecule has 0 saturated carbocycles. The molecule has 0 saturated heterocycles. The van der Waals surface area contributed by atoms with Gasteiger partial charge in [0.1, 0.15) is 5.38 Å². The molecule has 0 aliphatic carbocycles. The molecule has 76 valence electrons. The highest BCUT2D eigenvalue weighted by Gasteiger charge is 2.17. The van der Waals surface area contributed by atoms with Crippen LogP contribution in [0.4, 0.5) is 5.69 Å². The Kier molecular flexibility index (Phi) is 3.96. The lowest BCUT2D eigenvalue weighted by Crippen LogP contribution is -2.35. The van der Waals surface area contributed by atoms with Crippen molar-refractivity contribution >= 4 is 23.2 Å². The number of halogens is 1. The van der Waals surface area contributed by atoms with E-state index in [1.807, 2.05) is 37.3 Å². The fourth-order valence-corrected chi connectivity index (χ4v) is 1.41. The third-order valence-corrected chi connectivity index (χ3v) is 2.18. The summed E-state index contributed by atoms with van der Waals surface area (Å²) in [4.78, 5) is 13.3. The molecule has 0 aliphatic heterocycles. The van der Waals surface area contributed by atoms with E-state index in [4.69, 9.17) is 11.6 Å². The van der Waals surface area contributed by atoms with Crippen LogP contribution in [0.1, 0.15) is 13.8 Å². The normalized spacial score (nSPS) is 12.2. The third kappa shape index (κ3) is 2.48. The number of amides is 1. The quantitative estimate of drug-likeness (QED) is 0.704. The second-order valence-corrected chi connectivity index (χ2v) is 3.69. The van der Waals surface area contributed by atoms with Gasteiger partial charge < -0.3 is 4.90 Å². The maximum atomic E-state index is 11.7. The van der Waals surface area contributed by atoms with Crippen LogP contribution in [0.3, 0.4) is 0 Å². The summed E-state index contributed by atoms with van der Waals surface area (Å²) in [6.45, 7) is 4.26. The largest absolute Gasteiger partial charge is 0.311 e. The summed E-state index contributed by atoms with van der Waals surface area (Å²) in [5, 5.41) is -0.477. The highest BCUT2D eigenvalue weighted by molar-refractivity contribution is 6.32. The Morgan fingerprint density at radius 1 is 1.43 bits per heavy atom. The molecule has 1 aromatic carbocycles. The highest BCUT2D eigenvalue weighted by Crippen LogP contribution is 2.15. The Bertz CT molecular complexity index is 297. The molecular formula is C11H14ClNO. The van der Waals surface area contributed by atoms with Crippen molar-refractivity contribution in [1.29, 1.82) is 0 Å². The predicted molar refractivity (Wildman–Crippen MR) is 59.8 cm³/mol. The van der Waals surface area contributed by atoms with E-state index in [1.54, 1.807) is 11.8 Å². The van der Waals surface area contributed by atoms with E-state index in [1.165, 1.54) is 0 Å². The Balaban J connectivity index is 2.88. The first kappa shape index (κ1) is 11.1. The van der Waals surface area contributed by atoms with Gasteiger partial charge >= 0.3 is 0 Å². The summed E-state index contributed by atoms with van der Waals surface area (Å²) in [5.74, 6) is -0.0552. The molecule has 0 unspecified atom stereocenters. The summed E-state index contributed by atoms with van der Waals surface area (Å²) in [6.07, 6.45) is 0. The van der Waals surface area contributed by atoms with Crippen molar-refractivity contribution in [2.24, 2.45) is 0 Å². The van der Waals surface area contributed by atoms with Gasteiger partial charge in [0.25, 0.3) is 0 Å². The maximum absolute atomic E-state index is 11.7. The van der Waals surface area contributed by atoms with Crippen LogP contribution in [0.5, 0.6) is 0 Å². The van der Waals surface area contributed by atoms with Crippen molar-refractivity contribution in [3.8, 4) is 0 Å². The van der Waals surface area contributed by atoms with Crippen LogP contribution >= 0.6 is 11.6 Å². The number of benzene rings is 1. The zero-order valence-corrected chi connectivity index (χ0v) is 9.16. The summed E-state index contributed by atoms with van der Waals surface area (Å²) in [6, 6.07) is 9.54. The molecule has 14 heavy (non-hydrogen) atoms. The van der Waals surface area contributed by atoms with Crippen molar-refractivity contribution in [2.45, 2.75) is 19.2 Å². The number of carbonyl (C=O) groups excluding carboxylic acids is 1. The smallest absolute Gasteiger partial charge is 0.244 e. The number of nitrogens with zero attached hydrogens (tertiary/aromatic N) is 1. The van der Waals surface area contributed by atoms with Crippen molar-refractivity contribution in [1.82, 2.24) is 0 Å². The average Bonchev–Trinajstić information content (AvgIpc) is 2.20. The second kappa shape index (κ2) is 5.01. The first-order valence-corrected chi connectivity index (χ1v) is 5.11. The molecule has 0 fully saturated rings. The van der Waals surface area contributed by atoms with E-state index in [9.17, 15) is 4.79 Å². The van der Waals surface area contributed by atoms with Gasteiger partial charge in [0.2, 0.25) is 5.91 Å². The van der Waals surface area contributed by atoms with Gasteiger partial charge in [-0.1, -0.05) is 18.2 Å². The molecule has 1 aromatic rings. The lowest BCUT2D eigenvalue weighted by atomic mass is 10.2.